The van der Waals surface area contributed by atoms with Crippen molar-refractivity contribution >= 4 is 62.7 Å². The average molecular weight is 1010 g/mol. The molecule has 2 atom stereocenters. The highest BCUT2D eigenvalue weighted by molar-refractivity contribution is 6.23. The van der Waals surface area contributed by atoms with Crippen LogP contribution in [0.3, 0.4) is 0 Å². The number of ether oxygens (including phenoxy) is 2. The van der Waals surface area contributed by atoms with Crippen molar-refractivity contribution in [3.8, 4) is 23.0 Å². The summed E-state index contributed by atoms with van der Waals surface area (Å²) < 4.78 is 45.0. The molecule has 6 fully saturated rings. The van der Waals surface area contributed by atoms with Crippen molar-refractivity contribution in [3.05, 3.63) is 77.0 Å². The second kappa shape index (κ2) is 18.8. The molecule has 12 rings (SSSR count). The molecule has 8 heterocycles. The zero-order valence-corrected chi connectivity index (χ0v) is 41.3. The van der Waals surface area contributed by atoms with Crippen molar-refractivity contribution in [1.82, 2.24) is 39.9 Å². The van der Waals surface area contributed by atoms with Crippen LogP contribution >= 0.6 is 0 Å². The van der Waals surface area contributed by atoms with E-state index in [0.29, 0.717) is 119 Å². The number of nitrogens with one attached hydrogen (secondary N) is 1. The van der Waals surface area contributed by atoms with Crippen molar-refractivity contribution < 1.29 is 47.3 Å². The molecule has 20 heteroatoms. The summed E-state index contributed by atoms with van der Waals surface area (Å²) in [5.74, 6) is -2.78. The quantitative estimate of drug-likeness (QED) is 0.164. The number of imide groups is 2. The first-order valence-electron chi connectivity index (χ1n) is 25.9. The van der Waals surface area contributed by atoms with Gasteiger partial charge in [-0.25, -0.2) is 8.78 Å². The molecule has 74 heavy (non-hydrogen) atoms. The average Bonchev–Trinajstić information content (AvgIpc) is 4.12. The lowest BCUT2D eigenvalue weighted by molar-refractivity contribution is -0.151. The molecule has 18 nitrogen and oxygen atoms in total. The van der Waals surface area contributed by atoms with Gasteiger partial charge in [-0.05, 0) is 91.3 Å². The van der Waals surface area contributed by atoms with Gasteiger partial charge < -0.3 is 29.3 Å². The van der Waals surface area contributed by atoms with Crippen LogP contribution < -0.4 is 19.9 Å². The molecular formula is C54H58F2N10O8. The molecule has 1 spiro atoms. The number of benzene rings is 3. The fourth-order valence-corrected chi connectivity index (χ4v) is 12.0. The number of hydrogen-bond acceptors (Lipinski definition) is 15. The van der Waals surface area contributed by atoms with Crippen LogP contribution in [0.15, 0.2) is 48.7 Å². The van der Waals surface area contributed by atoms with Gasteiger partial charge in [0.2, 0.25) is 17.7 Å². The third-order valence-corrected chi connectivity index (χ3v) is 16.5. The number of hydrogen-bond donors (Lipinski definition) is 2. The number of carbonyl (C=O) groups is 5. The van der Waals surface area contributed by atoms with Crippen LogP contribution in [0.25, 0.3) is 32.9 Å². The van der Waals surface area contributed by atoms with Crippen LogP contribution in [0.1, 0.15) is 78.1 Å². The molecule has 2 N–H and O–H groups in total. The number of piperidine rings is 2. The Morgan fingerprint density at radius 1 is 0.865 bits per heavy atom. The number of rotatable bonds is 12. The topological polar surface area (TPSA) is 194 Å². The molecule has 3 aromatic carbocycles. The summed E-state index contributed by atoms with van der Waals surface area (Å²) in [4.78, 5) is 90.4. The van der Waals surface area contributed by atoms with Gasteiger partial charge in [0, 0.05) is 108 Å². The molecule has 2 unspecified atom stereocenters. The highest BCUT2D eigenvalue weighted by Crippen LogP contribution is 2.47. The van der Waals surface area contributed by atoms with E-state index in [1.54, 1.807) is 24.4 Å². The largest absolute Gasteiger partial charge is 0.508 e. The van der Waals surface area contributed by atoms with E-state index in [-0.39, 0.29) is 69.4 Å². The minimum atomic E-state index is -1.02. The smallest absolute Gasteiger partial charge is 0.319 e. The van der Waals surface area contributed by atoms with Gasteiger partial charge in [-0.2, -0.15) is 9.97 Å². The number of pyridine rings is 1. The summed E-state index contributed by atoms with van der Waals surface area (Å²) in [6.45, 7) is 10.3. The maximum atomic E-state index is 17.2. The molecule has 7 aliphatic rings. The first kappa shape index (κ1) is 48.1. The predicted molar refractivity (Wildman–Crippen MR) is 268 cm³/mol. The second-order valence-corrected chi connectivity index (χ2v) is 21.2. The zero-order valence-electron chi connectivity index (χ0n) is 41.3. The number of halogens is 2. The fraction of sp³-hybridized carbons (Fsp3) is 0.481. The van der Waals surface area contributed by atoms with E-state index < -0.39 is 41.3 Å². The first-order valence-corrected chi connectivity index (χ1v) is 25.9. The number of amides is 5. The van der Waals surface area contributed by atoms with Gasteiger partial charge in [0.1, 0.15) is 34.6 Å². The number of aryl methyl sites for hydroxylation is 1. The lowest BCUT2D eigenvalue weighted by Crippen LogP contribution is -2.56. The number of nitrogens with zero attached hydrogens (tertiary/aromatic N) is 9. The second-order valence-electron chi connectivity index (χ2n) is 21.2. The lowest BCUT2D eigenvalue weighted by atomic mass is 9.86. The number of fused-ring (bicyclic) bond motifs is 3. The van der Waals surface area contributed by atoms with Crippen molar-refractivity contribution in [3.63, 3.8) is 0 Å². The normalized spacial score (nSPS) is 23.2. The van der Waals surface area contributed by atoms with Gasteiger partial charge in [0.25, 0.3) is 11.8 Å². The van der Waals surface area contributed by atoms with Gasteiger partial charge in [-0.3, -0.25) is 49.0 Å². The number of aromatic nitrogens is 3. The monoisotopic (exact) mass is 1010 g/mol. The van der Waals surface area contributed by atoms with Crippen LogP contribution in [0, 0.1) is 17.0 Å². The van der Waals surface area contributed by atoms with Gasteiger partial charge in [-0.1, -0.05) is 13.0 Å². The number of piperazine rings is 2. The third-order valence-electron chi connectivity index (χ3n) is 16.5. The molecule has 5 aromatic rings. The fourth-order valence-electron chi connectivity index (χ4n) is 12.0. The molecular weight excluding hydrogens is 955 g/mol. The molecule has 0 radical (unpaired) electrons. The Hall–Kier alpha value is -6.90. The van der Waals surface area contributed by atoms with Crippen LogP contribution in [-0.4, -0.2) is 173 Å². The molecule has 2 aromatic heterocycles. The molecule has 1 saturated carbocycles. The molecule has 1 aliphatic carbocycles. The number of anilines is 2. The number of phenols is 1. The Balaban J connectivity index is 0.680. The van der Waals surface area contributed by atoms with E-state index >= 15 is 8.78 Å². The molecule has 386 valence electrons. The SMILES string of the molecule is CCc1c(F)ccc2cc(O)cc(-c3ncc4c(N5CCCC6(CCO6)C5)nc(OCC5(CN6CCN(C(=O)CN7CCN(c8ccc9c(c8)C(=O)N(C8CCC(=O)NC8=O)C9=O)CC7)CC6)CC5)nc4c3F)c12. The van der Waals surface area contributed by atoms with Crippen LogP contribution in [0.5, 0.6) is 11.8 Å². The molecule has 6 aliphatic heterocycles. The number of carbonyl (C=O) groups excluding carboxylic acids is 5. The summed E-state index contributed by atoms with van der Waals surface area (Å²) in [5.41, 5.74) is 1.47. The molecule has 5 saturated heterocycles. The van der Waals surface area contributed by atoms with E-state index in [1.807, 2.05) is 17.9 Å². The minimum Gasteiger partial charge on any atom is -0.508 e. The van der Waals surface area contributed by atoms with Gasteiger partial charge >= 0.3 is 6.01 Å². The van der Waals surface area contributed by atoms with Crippen LogP contribution in [0.2, 0.25) is 0 Å². The van der Waals surface area contributed by atoms with Crippen molar-refractivity contribution in [2.45, 2.75) is 69.9 Å². The van der Waals surface area contributed by atoms with E-state index in [2.05, 4.69) is 29.9 Å². The van der Waals surface area contributed by atoms with E-state index in [4.69, 9.17) is 19.4 Å². The van der Waals surface area contributed by atoms with Crippen LogP contribution in [0.4, 0.5) is 20.3 Å². The van der Waals surface area contributed by atoms with Gasteiger partial charge in [-0.15, -0.1) is 0 Å². The standard InChI is InChI=1S/C54H58F2N10O8/c1-2-35-40(55)7-4-32-24-34(67)26-38(44(32)35)46-45(56)47-39(27-57-46)48(65-14-3-10-54(30-65)13-23-74-54)60-52(59-47)73-31-53(11-12-53)29-62-17-21-64(22-18-62)43(69)28-61-15-19-63(20-16-61)33-5-6-36-37(25-33)51(72)66(50(36)71)41-8-9-42(68)58-49(41)70/h4-7,24-27,41,67H,2-3,8-23,28-31H2,1H3,(H,58,68,70). The number of aromatic hydroxyl groups is 1. The summed E-state index contributed by atoms with van der Waals surface area (Å²) in [5, 5.41) is 14.5. The summed E-state index contributed by atoms with van der Waals surface area (Å²) >= 11 is 0. The van der Waals surface area contributed by atoms with Gasteiger partial charge in [0.15, 0.2) is 5.82 Å². The highest BCUT2D eigenvalue weighted by atomic mass is 19.1. The van der Waals surface area contributed by atoms with Crippen molar-refractivity contribution in [2.24, 2.45) is 5.41 Å². The summed E-state index contributed by atoms with van der Waals surface area (Å²) in [6, 6.07) is 10.1. The minimum absolute atomic E-state index is 0.0275. The predicted octanol–water partition coefficient (Wildman–Crippen LogP) is 4.68. The van der Waals surface area contributed by atoms with Crippen molar-refractivity contribution in [2.75, 3.05) is 102 Å². The summed E-state index contributed by atoms with van der Waals surface area (Å²) in [7, 11) is 0. The van der Waals surface area contributed by atoms with Crippen LogP contribution in [-0.2, 0) is 25.5 Å². The maximum absolute atomic E-state index is 17.2. The molecule has 0 bridgehead atoms. The highest BCUT2D eigenvalue weighted by Gasteiger charge is 2.47. The van der Waals surface area contributed by atoms with E-state index in [0.717, 1.165) is 49.2 Å². The first-order chi connectivity index (χ1) is 35.8. The van der Waals surface area contributed by atoms with E-state index in [9.17, 15) is 29.1 Å². The Kier molecular flexibility index (Phi) is 12.2. The van der Waals surface area contributed by atoms with Gasteiger partial charge in [0.05, 0.1) is 41.9 Å². The molecule has 5 amide bonds. The Morgan fingerprint density at radius 3 is 2.36 bits per heavy atom. The lowest BCUT2D eigenvalue weighted by Gasteiger charge is -2.48. The van der Waals surface area contributed by atoms with E-state index in [1.165, 1.54) is 18.2 Å². The Bertz CT molecular complexity index is 3150. The van der Waals surface area contributed by atoms with Crippen molar-refractivity contribution in [1.29, 1.82) is 0 Å². The maximum Gasteiger partial charge on any atom is 0.319 e. The zero-order chi connectivity index (χ0) is 51.0. The third kappa shape index (κ3) is 8.72. The summed E-state index contributed by atoms with van der Waals surface area (Å²) in [6.07, 6.45) is 6.69. The Morgan fingerprint density at radius 2 is 1.64 bits per heavy atom. The number of phenolic OH excluding ortho intramolecular Hbond substituents is 1. The Labute approximate surface area is 425 Å².